The van der Waals surface area contributed by atoms with Crippen molar-refractivity contribution in [3.8, 4) is 0 Å². The van der Waals surface area contributed by atoms with E-state index in [9.17, 15) is 4.57 Å². The normalized spacial score (nSPS) is 17.9. The van der Waals surface area contributed by atoms with Crippen LogP contribution in [0.1, 0.15) is 26.7 Å². The summed E-state index contributed by atoms with van der Waals surface area (Å²) in [6.45, 7) is 11.0. The molecule has 0 aliphatic carbocycles. The van der Waals surface area contributed by atoms with Crippen LogP contribution in [0.25, 0.3) is 0 Å². The third-order valence-electron chi connectivity index (χ3n) is 2.59. The van der Waals surface area contributed by atoms with Gasteiger partial charge in [0.05, 0.1) is 13.2 Å². The summed E-state index contributed by atoms with van der Waals surface area (Å²) in [5, 5.41) is 0.582. The molecule has 0 unspecified atom stereocenters. The first-order valence-corrected chi connectivity index (χ1v) is 7.46. The maximum absolute atomic E-state index is 12.3. The van der Waals surface area contributed by atoms with Crippen molar-refractivity contribution in [2.24, 2.45) is 0 Å². The zero-order valence-corrected chi connectivity index (χ0v) is 11.2. The fourth-order valence-corrected chi connectivity index (χ4v) is 3.34. The smallest absolute Gasteiger partial charge is 0.306 e. The Labute approximate surface area is 98.1 Å². The summed E-state index contributed by atoms with van der Waals surface area (Å²) in [5.74, 6) is 0. The Morgan fingerprint density at radius 1 is 1.25 bits per heavy atom. The van der Waals surface area contributed by atoms with E-state index in [0.29, 0.717) is 25.1 Å². The number of nitrogens with zero attached hydrogens (tertiary/aromatic N) is 1. The molecule has 0 spiro atoms. The summed E-state index contributed by atoms with van der Waals surface area (Å²) in [6, 6.07) is 0. The maximum Gasteiger partial charge on any atom is 0.358 e. The molecule has 1 rings (SSSR count). The van der Waals surface area contributed by atoms with Crippen LogP contribution in [0.4, 0.5) is 0 Å². The highest BCUT2D eigenvalue weighted by molar-refractivity contribution is 7.58. The quantitative estimate of drug-likeness (QED) is 0.648. The lowest BCUT2D eigenvalue weighted by Gasteiger charge is -2.22. The molecule has 0 aromatic heterocycles. The molecule has 16 heavy (non-hydrogen) atoms. The number of hydrogen-bond donors (Lipinski definition) is 0. The van der Waals surface area contributed by atoms with Crippen molar-refractivity contribution in [2.75, 3.05) is 32.8 Å². The molecular formula is C11H22NO3P. The minimum absolute atomic E-state index is 0.385. The fourth-order valence-electron chi connectivity index (χ4n) is 1.85. The van der Waals surface area contributed by atoms with Gasteiger partial charge in [-0.05, 0) is 39.8 Å². The van der Waals surface area contributed by atoms with Crippen LogP contribution in [0, 0.1) is 0 Å². The van der Waals surface area contributed by atoms with E-state index in [0.717, 1.165) is 13.1 Å². The zero-order valence-electron chi connectivity index (χ0n) is 10.3. The van der Waals surface area contributed by atoms with Gasteiger partial charge < -0.3 is 9.05 Å². The van der Waals surface area contributed by atoms with Gasteiger partial charge in [0.2, 0.25) is 0 Å². The molecule has 1 aliphatic heterocycles. The Kier molecular flexibility index (Phi) is 5.70. The molecule has 1 heterocycles. The Morgan fingerprint density at radius 2 is 1.75 bits per heavy atom. The van der Waals surface area contributed by atoms with E-state index in [-0.39, 0.29) is 0 Å². The van der Waals surface area contributed by atoms with Crippen LogP contribution in [-0.4, -0.2) is 37.7 Å². The standard InChI is InChI=1S/C11H22NO3P/c1-4-14-16(13,15-5-2)11(3)10-12-8-6-7-9-12/h3-10H2,1-2H3. The molecule has 4 nitrogen and oxygen atoms in total. The SMILES string of the molecule is C=C(CN1CCCC1)P(=O)(OCC)OCC. The number of likely N-dealkylation sites (tertiary alicyclic amines) is 1. The molecule has 0 radical (unpaired) electrons. The average Bonchev–Trinajstić information content (AvgIpc) is 2.71. The van der Waals surface area contributed by atoms with Crippen molar-refractivity contribution in [2.45, 2.75) is 26.7 Å². The van der Waals surface area contributed by atoms with Gasteiger partial charge in [0.1, 0.15) is 0 Å². The van der Waals surface area contributed by atoms with Crippen LogP contribution in [-0.2, 0) is 13.6 Å². The van der Waals surface area contributed by atoms with Crippen molar-refractivity contribution in [1.82, 2.24) is 4.90 Å². The van der Waals surface area contributed by atoms with Crippen molar-refractivity contribution in [1.29, 1.82) is 0 Å². The highest BCUT2D eigenvalue weighted by atomic mass is 31.2. The molecule has 5 heteroatoms. The van der Waals surface area contributed by atoms with E-state index in [1.807, 2.05) is 13.8 Å². The van der Waals surface area contributed by atoms with E-state index >= 15 is 0 Å². The Hall–Kier alpha value is -0.150. The molecule has 0 aromatic rings. The molecule has 1 aliphatic rings. The van der Waals surface area contributed by atoms with Gasteiger partial charge in [-0.15, -0.1) is 0 Å². The molecule has 0 atom stereocenters. The second-order valence-electron chi connectivity index (χ2n) is 3.88. The second kappa shape index (κ2) is 6.55. The number of rotatable bonds is 7. The predicted octanol–water partition coefficient (Wildman–Crippen LogP) is 2.86. The first-order chi connectivity index (χ1) is 7.62. The van der Waals surface area contributed by atoms with Gasteiger partial charge in [0.25, 0.3) is 0 Å². The van der Waals surface area contributed by atoms with Gasteiger partial charge in [0, 0.05) is 11.9 Å². The third-order valence-corrected chi connectivity index (χ3v) is 4.70. The van der Waals surface area contributed by atoms with Gasteiger partial charge in [-0.2, -0.15) is 0 Å². The molecule has 0 aromatic carbocycles. The van der Waals surface area contributed by atoms with Gasteiger partial charge in [-0.3, -0.25) is 9.46 Å². The van der Waals surface area contributed by atoms with Crippen LogP contribution in [0.3, 0.4) is 0 Å². The zero-order chi connectivity index (χ0) is 12.0. The van der Waals surface area contributed by atoms with Crippen LogP contribution in [0.5, 0.6) is 0 Å². The molecule has 0 amide bonds. The highest BCUT2D eigenvalue weighted by Gasteiger charge is 2.29. The minimum Gasteiger partial charge on any atom is -0.306 e. The Balaban J connectivity index is 2.55. The first-order valence-electron chi connectivity index (χ1n) is 5.92. The summed E-state index contributed by atoms with van der Waals surface area (Å²) in [7, 11) is -3.10. The largest absolute Gasteiger partial charge is 0.358 e. The Bertz CT molecular complexity index is 264. The summed E-state index contributed by atoms with van der Waals surface area (Å²) >= 11 is 0. The second-order valence-corrected chi connectivity index (χ2v) is 6.03. The van der Waals surface area contributed by atoms with Crippen LogP contribution in [0.15, 0.2) is 11.9 Å². The van der Waals surface area contributed by atoms with E-state index < -0.39 is 7.60 Å². The molecule has 1 fully saturated rings. The van der Waals surface area contributed by atoms with Crippen LogP contribution in [0.2, 0.25) is 0 Å². The lowest BCUT2D eigenvalue weighted by molar-refractivity contribution is 0.223. The van der Waals surface area contributed by atoms with E-state index in [2.05, 4.69) is 11.5 Å². The topological polar surface area (TPSA) is 38.8 Å². The van der Waals surface area contributed by atoms with Gasteiger partial charge >= 0.3 is 7.60 Å². The molecule has 0 saturated carbocycles. The monoisotopic (exact) mass is 247 g/mol. The van der Waals surface area contributed by atoms with E-state index in [1.54, 1.807) is 0 Å². The van der Waals surface area contributed by atoms with Crippen LogP contribution < -0.4 is 0 Å². The lowest BCUT2D eigenvalue weighted by atomic mass is 10.4. The van der Waals surface area contributed by atoms with Gasteiger partial charge in [-0.1, -0.05) is 6.58 Å². The summed E-state index contributed by atoms with van der Waals surface area (Å²) in [5.41, 5.74) is 0. The summed E-state index contributed by atoms with van der Waals surface area (Å²) in [6.07, 6.45) is 2.42. The van der Waals surface area contributed by atoms with Crippen molar-refractivity contribution >= 4 is 7.60 Å². The predicted molar refractivity (Wildman–Crippen MR) is 65.7 cm³/mol. The third kappa shape index (κ3) is 3.70. The lowest BCUT2D eigenvalue weighted by Crippen LogP contribution is -2.22. The first kappa shape index (κ1) is 13.9. The molecular weight excluding hydrogens is 225 g/mol. The van der Waals surface area contributed by atoms with Crippen molar-refractivity contribution in [3.63, 3.8) is 0 Å². The maximum atomic E-state index is 12.3. The highest BCUT2D eigenvalue weighted by Crippen LogP contribution is 2.55. The van der Waals surface area contributed by atoms with Crippen LogP contribution >= 0.6 is 7.60 Å². The van der Waals surface area contributed by atoms with Gasteiger partial charge in [-0.25, -0.2) is 0 Å². The average molecular weight is 247 g/mol. The number of hydrogen-bond acceptors (Lipinski definition) is 4. The van der Waals surface area contributed by atoms with Crippen molar-refractivity contribution < 1.29 is 13.6 Å². The molecule has 0 bridgehead atoms. The van der Waals surface area contributed by atoms with E-state index in [4.69, 9.17) is 9.05 Å². The van der Waals surface area contributed by atoms with Gasteiger partial charge in [0.15, 0.2) is 0 Å². The van der Waals surface area contributed by atoms with E-state index in [1.165, 1.54) is 12.8 Å². The molecule has 1 saturated heterocycles. The summed E-state index contributed by atoms with van der Waals surface area (Å²) < 4.78 is 22.8. The minimum atomic E-state index is -3.10. The molecule has 0 N–H and O–H groups in total. The summed E-state index contributed by atoms with van der Waals surface area (Å²) in [4.78, 5) is 2.24. The molecule has 94 valence electrons. The fraction of sp³-hybridized carbons (Fsp3) is 0.818. The van der Waals surface area contributed by atoms with Crippen molar-refractivity contribution in [3.05, 3.63) is 11.9 Å². The Morgan fingerprint density at radius 3 is 2.19 bits per heavy atom.